The Labute approximate surface area is 146 Å². The summed E-state index contributed by atoms with van der Waals surface area (Å²) in [5.74, 6) is 0. The van der Waals surface area contributed by atoms with Gasteiger partial charge in [-0.05, 0) is 46.5 Å². The highest BCUT2D eigenvalue weighted by molar-refractivity contribution is 9.10. The number of rotatable bonds is 2. The van der Waals surface area contributed by atoms with Crippen LogP contribution in [0.25, 0.3) is 10.8 Å². The molecule has 0 fully saturated rings. The van der Waals surface area contributed by atoms with Gasteiger partial charge in [0.15, 0.2) is 0 Å². The zero-order valence-corrected chi connectivity index (χ0v) is 15.3. The quantitative estimate of drug-likeness (QED) is 0.387. The van der Waals surface area contributed by atoms with Crippen molar-refractivity contribution in [3.8, 4) is 0 Å². The van der Waals surface area contributed by atoms with Crippen LogP contribution < -0.4 is 0 Å². The van der Waals surface area contributed by atoms with Crippen LogP contribution in [0.15, 0.2) is 59.1 Å². The van der Waals surface area contributed by atoms with Crippen LogP contribution in [0, 0.1) is 6.92 Å². The minimum atomic E-state index is 0.145. The van der Waals surface area contributed by atoms with Gasteiger partial charge in [-0.25, -0.2) is 0 Å². The lowest BCUT2D eigenvalue weighted by Crippen LogP contribution is -1.95. The molecule has 3 heteroatoms. The van der Waals surface area contributed by atoms with E-state index < -0.39 is 0 Å². The maximum absolute atomic E-state index is 6.13. The summed E-state index contributed by atoms with van der Waals surface area (Å²) in [5.41, 5.74) is 3.57. The smallest absolute Gasteiger partial charge is 0.0650 e. The van der Waals surface area contributed by atoms with Crippen molar-refractivity contribution < 1.29 is 0 Å². The molecular formula is C18H13Br2Cl. The average molecular weight is 425 g/mol. The van der Waals surface area contributed by atoms with Crippen LogP contribution in [-0.2, 0) is 0 Å². The number of hydrogen-bond donors (Lipinski definition) is 0. The van der Waals surface area contributed by atoms with Gasteiger partial charge in [-0.3, -0.25) is 0 Å². The van der Waals surface area contributed by atoms with Gasteiger partial charge in [-0.15, -0.1) is 0 Å². The molecule has 0 aliphatic heterocycles. The number of alkyl halides is 1. The molecule has 21 heavy (non-hydrogen) atoms. The Morgan fingerprint density at radius 2 is 1.67 bits per heavy atom. The SMILES string of the molecule is Cc1cc(C(Br)c2ccc(Br)c3ccccc23)ccc1Cl. The lowest BCUT2D eigenvalue weighted by atomic mass is 9.97. The van der Waals surface area contributed by atoms with Gasteiger partial charge in [0.05, 0.1) is 4.83 Å². The second-order valence-corrected chi connectivity index (χ2v) is 7.23. The molecule has 0 N–H and O–H groups in total. The third-order valence-corrected chi connectivity index (χ3v) is 5.79. The van der Waals surface area contributed by atoms with Crippen LogP contribution in [0.5, 0.6) is 0 Å². The summed E-state index contributed by atoms with van der Waals surface area (Å²) in [6.45, 7) is 2.03. The van der Waals surface area contributed by atoms with Crippen molar-refractivity contribution in [1.82, 2.24) is 0 Å². The zero-order valence-electron chi connectivity index (χ0n) is 11.4. The topological polar surface area (TPSA) is 0 Å². The molecule has 0 saturated carbocycles. The fourth-order valence-corrected chi connectivity index (χ4v) is 3.79. The Hall–Kier alpha value is -0.830. The third kappa shape index (κ3) is 2.90. The first-order chi connectivity index (χ1) is 10.1. The van der Waals surface area contributed by atoms with Gasteiger partial charge in [0.2, 0.25) is 0 Å². The molecule has 0 spiro atoms. The molecule has 0 aromatic heterocycles. The molecule has 3 aromatic carbocycles. The van der Waals surface area contributed by atoms with Gasteiger partial charge in [-0.2, -0.15) is 0 Å². The Balaban J connectivity index is 2.15. The third-order valence-electron chi connectivity index (χ3n) is 3.65. The number of hydrogen-bond acceptors (Lipinski definition) is 0. The van der Waals surface area contributed by atoms with Crippen molar-refractivity contribution in [2.45, 2.75) is 11.8 Å². The normalized spacial score (nSPS) is 12.6. The van der Waals surface area contributed by atoms with E-state index in [1.54, 1.807) is 0 Å². The summed E-state index contributed by atoms with van der Waals surface area (Å²) < 4.78 is 1.12. The van der Waals surface area contributed by atoms with E-state index in [4.69, 9.17) is 11.6 Å². The highest BCUT2D eigenvalue weighted by atomic mass is 79.9. The summed E-state index contributed by atoms with van der Waals surface area (Å²) in [4.78, 5) is 0.145. The molecule has 3 aromatic rings. The predicted octanol–water partition coefficient (Wildman–Crippen LogP) is 7.05. The summed E-state index contributed by atoms with van der Waals surface area (Å²) in [6.07, 6.45) is 0. The first kappa shape index (κ1) is 15.1. The van der Waals surface area contributed by atoms with Gasteiger partial charge in [0, 0.05) is 9.50 Å². The van der Waals surface area contributed by atoms with Crippen LogP contribution in [0.4, 0.5) is 0 Å². The standard InChI is InChI=1S/C18H13Br2Cl/c1-11-10-12(6-9-17(11)21)18(20)15-7-8-16(19)14-5-3-2-4-13(14)15/h2-10,18H,1H3. The van der Waals surface area contributed by atoms with Crippen molar-refractivity contribution >= 4 is 54.2 Å². The van der Waals surface area contributed by atoms with Crippen molar-refractivity contribution in [2.75, 3.05) is 0 Å². The van der Waals surface area contributed by atoms with Crippen molar-refractivity contribution in [2.24, 2.45) is 0 Å². The van der Waals surface area contributed by atoms with E-state index in [1.807, 2.05) is 13.0 Å². The summed E-state index contributed by atoms with van der Waals surface area (Å²) in [5, 5.41) is 3.28. The van der Waals surface area contributed by atoms with Crippen molar-refractivity contribution in [3.63, 3.8) is 0 Å². The molecular weight excluding hydrogens is 411 g/mol. The molecule has 1 atom stereocenters. The molecule has 0 heterocycles. The van der Waals surface area contributed by atoms with Gasteiger partial charge >= 0.3 is 0 Å². The first-order valence-electron chi connectivity index (χ1n) is 6.65. The molecule has 0 aliphatic rings. The zero-order chi connectivity index (χ0) is 15.0. The molecule has 1 unspecified atom stereocenters. The minimum absolute atomic E-state index is 0.145. The van der Waals surface area contributed by atoms with E-state index in [1.165, 1.54) is 21.9 Å². The van der Waals surface area contributed by atoms with Gasteiger partial charge in [0.1, 0.15) is 0 Å². The monoisotopic (exact) mass is 422 g/mol. The Bertz CT molecular complexity index is 811. The predicted molar refractivity (Wildman–Crippen MR) is 98.6 cm³/mol. The Morgan fingerprint density at radius 3 is 2.38 bits per heavy atom. The van der Waals surface area contributed by atoms with E-state index in [0.29, 0.717) is 0 Å². The largest absolute Gasteiger partial charge is 0.0841 e. The summed E-state index contributed by atoms with van der Waals surface area (Å²) >= 11 is 13.6. The van der Waals surface area contributed by atoms with E-state index in [0.717, 1.165) is 15.1 Å². The first-order valence-corrected chi connectivity index (χ1v) is 8.74. The van der Waals surface area contributed by atoms with E-state index in [2.05, 4.69) is 80.4 Å². The van der Waals surface area contributed by atoms with Crippen LogP contribution in [0.3, 0.4) is 0 Å². The molecule has 106 valence electrons. The fourth-order valence-electron chi connectivity index (χ4n) is 2.51. The lowest BCUT2D eigenvalue weighted by molar-refractivity contribution is 1.18. The molecule has 0 amide bonds. The molecule has 0 saturated heterocycles. The van der Waals surface area contributed by atoms with Gasteiger partial charge < -0.3 is 0 Å². The molecule has 3 rings (SSSR count). The maximum Gasteiger partial charge on any atom is 0.0650 e. The van der Waals surface area contributed by atoms with Crippen molar-refractivity contribution in [3.05, 3.63) is 80.8 Å². The highest BCUT2D eigenvalue weighted by Gasteiger charge is 2.15. The van der Waals surface area contributed by atoms with Crippen molar-refractivity contribution in [1.29, 1.82) is 0 Å². The molecule has 0 aliphatic carbocycles. The Kier molecular flexibility index (Phi) is 4.39. The Morgan fingerprint density at radius 1 is 0.952 bits per heavy atom. The number of halogens is 3. The number of benzene rings is 3. The van der Waals surface area contributed by atoms with Crippen LogP contribution >= 0.6 is 43.5 Å². The lowest BCUT2D eigenvalue weighted by Gasteiger charge is -2.15. The average Bonchev–Trinajstić information content (AvgIpc) is 2.50. The van der Waals surface area contributed by atoms with E-state index in [-0.39, 0.29) is 4.83 Å². The number of fused-ring (bicyclic) bond motifs is 1. The van der Waals surface area contributed by atoms with Crippen LogP contribution in [0.1, 0.15) is 21.5 Å². The van der Waals surface area contributed by atoms with E-state index >= 15 is 0 Å². The summed E-state index contributed by atoms with van der Waals surface area (Å²) in [6, 6.07) is 18.9. The summed E-state index contributed by atoms with van der Waals surface area (Å²) in [7, 11) is 0. The van der Waals surface area contributed by atoms with E-state index in [9.17, 15) is 0 Å². The second kappa shape index (κ2) is 6.12. The van der Waals surface area contributed by atoms with Crippen LogP contribution in [0.2, 0.25) is 5.02 Å². The number of aryl methyl sites for hydroxylation is 1. The maximum atomic E-state index is 6.13. The highest BCUT2D eigenvalue weighted by Crippen LogP contribution is 2.38. The minimum Gasteiger partial charge on any atom is -0.0841 e. The fraction of sp³-hybridized carbons (Fsp3) is 0.111. The van der Waals surface area contributed by atoms with Gasteiger partial charge in [0.25, 0.3) is 0 Å². The molecule has 0 bridgehead atoms. The second-order valence-electron chi connectivity index (χ2n) is 5.05. The van der Waals surface area contributed by atoms with Crippen LogP contribution in [-0.4, -0.2) is 0 Å². The van der Waals surface area contributed by atoms with Gasteiger partial charge in [-0.1, -0.05) is 85.9 Å². The molecule has 0 radical (unpaired) electrons. The molecule has 0 nitrogen and oxygen atoms in total.